The highest BCUT2D eigenvalue weighted by Crippen LogP contribution is 2.31. The first kappa shape index (κ1) is 26.7. The molecule has 1 saturated carbocycles. The highest BCUT2D eigenvalue weighted by molar-refractivity contribution is 9.10. The van der Waals surface area contributed by atoms with E-state index in [1.54, 1.807) is 0 Å². The van der Waals surface area contributed by atoms with Crippen molar-refractivity contribution < 1.29 is 27.6 Å². The highest BCUT2D eigenvalue weighted by atomic mass is 79.9. The van der Waals surface area contributed by atoms with Crippen LogP contribution in [-0.2, 0) is 20.9 Å². The van der Waals surface area contributed by atoms with Crippen LogP contribution in [0.5, 0.6) is 0 Å². The molecule has 2 heterocycles. The molecule has 0 amide bonds. The predicted molar refractivity (Wildman–Crippen MR) is 136 cm³/mol. The molecule has 0 unspecified atom stereocenters. The number of aromatic nitrogens is 3. The summed E-state index contributed by atoms with van der Waals surface area (Å²) in [6.07, 6.45) is 0.831. The van der Waals surface area contributed by atoms with Gasteiger partial charge in [0.25, 0.3) is 0 Å². The number of nitrogens with two attached hydrogens (primary N) is 1. The molecule has 4 rings (SSSR count). The van der Waals surface area contributed by atoms with Crippen molar-refractivity contribution in [2.75, 3.05) is 11.9 Å². The first-order chi connectivity index (χ1) is 17.0. The summed E-state index contributed by atoms with van der Waals surface area (Å²) in [6.45, 7) is 1.52. The summed E-state index contributed by atoms with van der Waals surface area (Å²) in [5.41, 5.74) is 2.00. The van der Waals surface area contributed by atoms with Crippen LogP contribution in [0.25, 0.3) is 0 Å². The van der Waals surface area contributed by atoms with Gasteiger partial charge in [-0.15, -0.1) is 11.3 Å². The number of hydrogen-bond acceptors (Lipinski definition) is 11. The van der Waals surface area contributed by atoms with Gasteiger partial charge in [0.1, 0.15) is 18.2 Å². The van der Waals surface area contributed by atoms with Crippen molar-refractivity contribution in [1.82, 2.24) is 15.0 Å². The Morgan fingerprint density at radius 3 is 2.83 bits per heavy atom. The Bertz CT molecular complexity index is 1370. The highest BCUT2D eigenvalue weighted by Gasteiger charge is 2.42. The molecule has 0 radical (unpaired) electrons. The van der Waals surface area contributed by atoms with Crippen LogP contribution in [-0.4, -0.2) is 64.2 Å². The molecular formula is C22H24BrN5O6S2. The average Bonchev–Trinajstić information content (AvgIpc) is 3.31. The minimum absolute atomic E-state index is 0.155. The molecule has 0 bridgehead atoms. The van der Waals surface area contributed by atoms with E-state index in [4.69, 9.17) is 5.14 Å². The Hall–Kier alpha value is -2.33. The van der Waals surface area contributed by atoms with Crippen molar-refractivity contribution in [3.05, 3.63) is 68.0 Å². The summed E-state index contributed by atoms with van der Waals surface area (Å²) in [4.78, 5) is 26.9. The maximum Gasteiger partial charge on any atom is 0.333 e. The minimum atomic E-state index is -4.19. The van der Waals surface area contributed by atoms with Gasteiger partial charge in [-0.3, -0.25) is 8.98 Å². The van der Waals surface area contributed by atoms with E-state index in [0.29, 0.717) is 6.42 Å². The molecule has 1 aliphatic carbocycles. The predicted octanol–water partition coefficient (Wildman–Crippen LogP) is 1.57. The van der Waals surface area contributed by atoms with Gasteiger partial charge in [0.05, 0.1) is 30.0 Å². The van der Waals surface area contributed by atoms with Crippen molar-refractivity contribution in [2.24, 2.45) is 11.1 Å². The molecule has 2 aromatic heterocycles. The van der Waals surface area contributed by atoms with Crippen LogP contribution in [0.15, 0.2) is 41.3 Å². The van der Waals surface area contributed by atoms with Gasteiger partial charge in [0.15, 0.2) is 5.01 Å². The van der Waals surface area contributed by atoms with E-state index in [2.05, 4.69) is 40.4 Å². The van der Waals surface area contributed by atoms with Crippen LogP contribution >= 0.6 is 27.3 Å². The number of hydrogen-bond donors (Lipinski definition) is 4. The topological polar surface area (TPSA) is 178 Å². The van der Waals surface area contributed by atoms with E-state index in [0.717, 1.165) is 20.6 Å². The molecule has 11 nitrogen and oxygen atoms in total. The monoisotopic (exact) mass is 597 g/mol. The van der Waals surface area contributed by atoms with Crippen LogP contribution < -0.4 is 10.5 Å². The third-order valence-corrected chi connectivity index (χ3v) is 7.84. The number of carbonyl (C=O) groups excluding carboxylic acids is 1. The van der Waals surface area contributed by atoms with Gasteiger partial charge in [-0.05, 0) is 31.0 Å². The Morgan fingerprint density at radius 1 is 1.33 bits per heavy atom. The molecular weight excluding hydrogens is 574 g/mol. The van der Waals surface area contributed by atoms with E-state index in [1.165, 1.54) is 23.9 Å². The number of aliphatic hydroxyl groups excluding tert-OH is 2. The molecule has 14 heteroatoms. The van der Waals surface area contributed by atoms with Crippen molar-refractivity contribution in [2.45, 2.75) is 38.0 Å². The second-order valence-electron chi connectivity index (χ2n) is 8.45. The van der Waals surface area contributed by atoms with Crippen molar-refractivity contribution >= 4 is 49.2 Å². The Labute approximate surface area is 220 Å². The standard InChI is InChI=1S/C22H24BrN5O6S2/c1-11-16(6-12-3-2-4-14(23)5-12)28-22(35-11)19(30)15-8-25-10-26-21(15)27-17-7-13(18(29)20(17)31)9-34-36(24,32)33/h2-5,8,10,13,17-18,20,29,31H,6-7,9H2,1H3,(H2,24,32,33)(H,25,26,27)/t13-,17-,18-,20+/m1/s1. The second kappa shape index (κ2) is 11.0. The molecule has 1 fully saturated rings. The molecule has 0 saturated heterocycles. The molecule has 0 aliphatic heterocycles. The number of carbonyl (C=O) groups is 1. The van der Waals surface area contributed by atoms with Crippen LogP contribution in [0.1, 0.15) is 37.9 Å². The molecule has 3 aromatic rings. The molecule has 0 spiro atoms. The molecule has 36 heavy (non-hydrogen) atoms. The Balaban J connectivity index is 1.51. The first-order valence-electron chi connectivity index (χ1n) is 10.9. The number of halogens is 1. The molecule has 5 N–H and O–H groups in total. The van der Waals surface area contributed by atoms with Gasteiger partial charge >= 0.3 is 10.3 Å². The van der Waals surface area contributed by atoms with Gasteiger partial charge in [0, 0.05) is 27.9 Å². The number of nitrogens with one attached hydrogen (secondary N) is 1. The maximum atomic E-state index is 13.3. The lowest BCUT2D eigenvalue weighted by atomic mass is 10.1. The number of nitrogens with zero attached hydrogens (tertiary/aromatic N) is 3. The van der Waals surface area contributed by atoms with Gasteiger partial charge in [-0.25, -0.2) is 20.1 Å². The quantitative estimate of drug-likeness (QED) is 0.264. The number of rotatable bonds is 9. The van der Waals surface area contributed by atoms with Crippen molar-refractivity contribution in [1.29, 1.82) is 0 Å². The number of aryl methyl sites for hydroxylation is 1. The third kappa shape index (κ3) is 6.32. The van der Waals surface area contributed by atoms with Gasteiger partial charge in [0.2, 0.25) is 5.78 Å². The summed E-state index contributed by atoms with van der Waals surface area (Å²) >= 11 is 4.73. The summed E-state index contributed by atoms with van der Waals surface area (Å²) in [7, 11) is -4.19. The van der Waals surface area contributed by atoms with E-state index in [-0.39, 0.29) is 35.2 Å². The van der Waals surface area contributed by atoms with Crippen molar-refractivity contribution in [3.63, 3.8) is 0 Å². The number of ketones is 1. The minimum Gasteiger partial charge on any atom is -0.390 e. The fraction of sp³-hybridized carbons (Fsp3) is 0.364. The fourth-order valence-electron chi connectivity index (χ4n) is 4.05. The van der Waals surface area contributed by atoms with Crippen LogP contribution in [0.3, 0.4) is 0 Å². The fourth-order valence-corrected chi connectivity index (χ4v) is 5.74. The average molecular weight is 599 g/mol. The third-order valence-electron chi connectivity index (χ3n) is 5.87. The molecule has 1 aliphatic rings. The number of thiazole rings is 1. The first-order valence-corrected chi connectivity index (χ1v) is 13.9. The zero-order valence-electron chi connectivity index (χ0n) is 19.0. The zero-order chi connectivity index (χ0) is 26.0. The summed E-state index contributed by atoms with van der Waals surface area (Å²) in [5.74, 6) is -0.909. The summed E-state index contributed by atoms with van der Waals surface area (Å²) in [5, 5.41) is 28.9. The second-order valence-corrected chi connectivity index (χ2v) is 11.8. The maximum absolute atomic E-state index is 13.3. The van der Waals surface area contributed by atoms with E-state index < -0.39 is 34.5 Å². The van der Waals surface area contributed by atoms with Crippen LogP contribution in [0.4, 0.5) is 5.82 Å². The zero-order valence-corrected chi connectivity index (χ0v) is 22.3. The summed E-state index contributed by atoms with van der Waals surface area (Å²) < 4.78 is 27.7. The lowest BCUT2D eigenvalue weighted by Crippen LogP contribution is -2.36. The Kier molecular flexibility index (Phi) is 8.14. The number of benzene rings is 1. The lowest BCUT2D eigenvalue weighted by Gasteiger charge is -2.19. The molecule has 192 valence electrons. The Morgan fingerprint density at radius 2 is 2.11 bits per heavy atom. The summed E-state index contributed by atoms with van der Waals surface area (Å²) in [6, 6.07) is 7.13. The molecule has 1 aromatic carbocycles. The normalized spacial score (nSPS) is 22.0. The van der Waals surface area contributed by atoms with E-state index in [1.807, 2.05) is 31.2 Å². The SMILES string of the molecule is Cc1sc(C(=O)c2cncnc2N[C@@H]2C[C@H](COS(N)(=O)=O)[C@@H](O)[C@H]2O)nc1Cc1cccc(Br)c1. The number of aliphatic hydroxyl groups is 2. The largest absolute Gasteiger partial charge is 0.390 e. The smallest absolute Gasteiger partial charge is 0.333 e. The number of anilines is 1. The van der Waals surface area contributed by atoms with E-state index in [9.17, 15) is 23.4 Å². The van der Waals surface area contributed by atoms with Gasteiger partial charge < -0.3 is 15.5 Å². The van der Waals surface area contributed by atoms with Crippen molar-refractivity contribution in [3.8, 4) is 0 Å². The van der Waals surface area contributed by atoms with Crippen LogP contribution in [0, 0.1) is 12.8 Å². The van der Waals surface area contributed by atoms with E-state index >= 15 is 0 Å². The van der Waals surface area contributed by atoms with Crippen LogP contribution in [0.2, 0.25) is 0 Å². The van der Waals surface area contributed by atoms with Gasteiger partial charge in [-0.1, -0.05) is 28.1 Å². The lowest BCUT2D eigenvalue weighted by molar-refractivity contribution is 0.00778. The van der Waals surface area contributed by atoms with Gasteiger partial charge in [-0.2, -0.15) is 8.42 Å². The molecule has 4 atom stereocenters.